The van der Waals surface area contributed by atoms with Gasteiger partial charge in [-0.25, -0.2) is 9.97 Å². The van der Waals surface area contributed by atoms with Crippen LogP contribution in [0.5, 0.6) is 0 Å². The van der Waals surface area contributed by atoms with Crippen LogP contribution in [0.1, 0.15) is 22.3 Å². The van der Waals surface area contributed by atoms with E-state index < -0.39 is 0 Å². The number of nitrogens with zero attached hydrogens (tertiary/aromatic N) is 4. The molecule has 0 saturated carbocycles. The molecule has 0 unspecified atom stereocenters. The molecular formula is C19H17ClN4O2S. The van der Waals surface area contributed by atoms with Crippen molar-refractivity contribution in [3.8, 4) is 0 Å². The van der Waals surface area contributed by atoms with Crippen molar-refractivity contribution in [1.82, 2.24) is 14.5 Å². The van der Waals surface area contributed by atoms with Crippen LogP contribution in [0.3, 0.4) is 0 Å². The van der Waals surface area contributed by atoms with E-state index in [4.69, 9.17) is 21.0 Å². The molecule has 1 amide bonds. The number of anilines is 1. The molecule has 4 rings (SSSR count). The summed E-state index contributed by atoms with van der Waals surface area (Å²) in [5, 5.41) is 1.33. The Bertz CT molecular complexity index is 1060. The van der Waals surface area contributed by atoms with Crippen molar-refractivity contribution in [3.05, 3.63) is 65.6 Å². The average molecular weight is 401 g/mol. The number of aryl methyl sites for hydroxylation is 2. The van der Waals surface area contributed by atoms with E-state index in [9.17, 15) is 4.79 Å². The first-order chi connectivity index (χ1) is 13.1. The topological polar surface area (TPSA) is 64.2 Å². The van der Waals surface area contributed by atoms with Crippen LogP contribution in [-0.4, -0.2) is 27.0 Å². The maximum absolute atomic E-state index is 13.0. The molecule has 0 saturated heterocycles. The highest BCUT2D eigenvalue weighted by Gasteiger charge is 2.22. The second-order valence-electron chi connectivity index (χ2n) is 6.19. The molecule has 3 heterocycles. The van der Waals surface area contributed by atoms with Crippen molar-refractivity contribution in [2.24, 2.45) is 0 Å². The fourth-order valence-corrected chi connectivity index (χ4v) is 4.36. The number of aromatic nitrogens is 3. The Morgan fingerprint density at radius 1 is 1.41 bits per heavy atom. The fraction of sp³-hybridized carbons (Fsp3) is 0.211. The third-order valence-electron chi connectivity index (χ3n) is 4.24. The van der Waals surface area contributed by atoms with Crippen molar-refractivity contribution in [1.29, 1.82) is 0 Å². The molecule has 0 aliphatic carbocycles. The zero-order chi connectivity index (χ0) is 18.8. The number of benzene rings is 1. The number of imidazole rings is 1. The first-order valence-electron chi connectivity index (χ1n) is 8.48. The first-order valence-corrected chi connectivity index (χ1v) is 9.68. The maximum atomic E-state index is 13.0. The normalized spacial score (nSPS) is 11.2. The number of fused-ring (bicyclic) bond motifs is 1. The summed E-state index contributed by atoms with van der Waals surface area (Å²) in [5.74, 6) is -0.128. The van der Waals surface area contributed by atoms with Crippen LogP contribution >= 0.6 is 22.9 Å². The van der Waals surface area contributed by atoms with Gasteiger partial charge in [0.25, 0.3) is 5.91 Å². The molecule has 0 aliphatic heterocycles. The van der Waals surface area contributed by atoms with Crippen molar-refractivity contribution in [3.63, 3.8) is 0 Å². The van der Waals surface area contributed by atoms with Gasteiger partial charge < -0.3 is 8.98 Å². The van der Waals surface area contributed by atoms with Crippen molar-refractivity contribution in [2.75, 3.05) is 11.4 Å². The van der Waals surface area contributed by atoms with E-state index in [-0.39, 0.29) is 5.91 Å². The molecule has 27 heavy (non-hydrogen) atoms. The summed E-state index contributed by atoms with van der Waals surface area (Å²) < 4.78 is 8.04. The second kappa shape index (κ2) is 7.54. The van der Waals surface area contributed by atoms with Gasteiger partial charge >= 0.3 is 0 Å². The van der Waals surface area contributed by atoms with E-state index in [1.54, 1.807) is 23.5 Å². The van der Waals surface area contributed by atoms with Gasteiger partial charge in [0.15, 0.2) is 5.13 Å². The van der Waals surface area contributed by atoms with E-state index >= 15 is 0 Å². The summed E-state index contributed by atoms with van der Waals surface area (Å²) in [6.07, 6.45) is 9.15. The van der Waals surface area contributed by atoms with Crippen LogP contribution < -0.4 is 4.90 Å². The van der Waals surface area contributed by atoms with E-state index in [0.29, 0.717) is 22.3 Å². The molecule has 0 atom stereocenters. The summed E-state index contributed by atoms with van der Waals surface area (Å²) in [7, 11) is 0. The Labute approximate surface area is 165 Å². The van der Waals surface area contributed by atoms with Gasteiger partial charge in [-0.1, -0.05) is 22.9 Å². The standard InChI is InChI=1S/C19H17ClN4O2S/c1-13-9-15(20)10-16-17(13)22-19(27-16)24(18(25)14-3-8-26-11-14)6-2-5-23-7-4-21-12-23/h3-4,7-12H,2,5-6H2,1H3. The summed E-state index contributed by atoms with van der Waals surface area (Å²) in [6.45, 7) is 3.28. The van der Waals surface area contributed by atoms with Gasteiger partial charge in [0.05, 0.1) is 28.4 Å². The zero-order valence-electron chi connectivity index (χ0n) is 14.6. The van der Waals surface area contributed by atoms with Crippen LogP contribution in [0.4, 0.5) is 5.13 Å². The summed E-state index contributed by atoms with van der Waals surface area (Å²) in [5.41, 5.74) is 2.37. The van der Waals surface area contributed by atoms with Gasteiger partial charge in [0.2, 0.25) is 0 Å². The highest BCUT2D eigenvalue weighted by Crippen LogP contribution is 2.33. The Hall–Kier alpha value is -2.64. The lowest BCUT2D eigenvalue weighted by Crippen LogP contribution is -2.32. The summed E-state index contributed by atoms with van der Waals surface area (Å²) >= 11 is 7.64. The van der Waals surface area contributed by atoms with E-state index in [1.807, 2.05) is 29.8 Å². The van der Waals surface area contributed by atoms with E-state index in [0.717, 1.165) is 28.7 Å². The van der Waals surface area contributed by atoms with Crippen molar-refractivity contribution in [2.45, 2.75) is 19.9 Å². The van der Waals surface area contributed by atoms with Crippen LogP contribution in [0.25, 0.3) is 10.2 Å². The fourth-order valence-electron chi connectivity index (χ4n) is 2.91. The van der Waals surface area contributed by atoms with Gasteiger partial charge in [0, 0.05) is 30.5 Å². The van der Waals surface area contributed by atoms with Crippen LogP contribution in [0.15, 0.2) is 53.9 Å². The smallest absolute Gasteiger partial charge is 0.263 e. The summed E-state index contributed by atoms with van der Waals surface area (Å²) in [4.78, 5) is 23.5. The Balaban J connectivity index is 1.64. The average Bonchev–Trinajstić information content (AvgIpc) is 3.38. The third-order valence-corrected chi connectivity index (χ3v) is 5.48. The number of furan rings is 1. The van der Waals surface area contributed by atoms with Crippen LogP contribution in [0.2, 0.25) is 5.02 Å². The van der Waals surface area contributed by atoms with E-state index in [1.165, 1.54) is 23.9 Å². The maximum Gasteiger partial charge on any atom is 0.263 e. The van der Waals surface area contributed by atoms with Crippen LogP contribution in [0, 0.1) is 6.92 Å². The monoisotopic (exact) mass is 400 g/mol. The highest BCUT2D eigenvalue weighted by atomic mass is 35.5. The van der Waals surface area contributed by atoms with Gasteiger partial charge in [-0.3, -0.25) is 9.69 Å². The molecule has 0 fully saturated rings. The minimum absolute atomic E-state index is 0.128. The SMILES string of the molecule is Cc1cc(Cl)cc2sc(N(CCCn3ccnc3)C(=O)c3ccoc3)nc12. The molecule has 138 valence electrons. The lowest BCUT2D eigenvalue weighted by molar-refractivity contribution is 0.0985. The number of amides is 1. The molecule has 1 aromatic carbocycles. The van der Waals surface area contributed by atoms with Crippen molar-refractivity contribution >= 4 is 44.2 Å². The number of rotatable bonds is 6. The molecule has 0 bridgehead atoms. The number of hydrogen-bond donors (Lipinski definition) is 0. The Morgan fingerprint density at radius 2 is 2.30 bits per heavy atom. The number of carbonyl (C=O) groups excluding carboxylic acids is 1. The molecule has 3 aromatic heterocycles. The van der Waals surface area contributed by atoms with Gasteiger partial charge in [-0.15, -0.1) is 0 Å². The van der Waals surface area contributed by atoms with Gasteiger partial charge in [-0.2, -0.15) is 0 Å². The highest BCUT2D eigenvalue weighted by molar-refractivity contribution is 7.22. The van der Waals surface area contributed by atoms with Crippen molar-refractivity contribution < 1.29 is 9.21 Å². The third kappa shape index (κ3) is 3.74. The largest absolute Gasteiger partial charge is 0.472 e. The van der Waals surface area contributed by atoms with Gasteiger partial charge in [0.1, 0.15) is 6.26 Å². The Morgan fingerprint density at radius 3 is 3.04 bits per heavy atom. The molecule has 0 spiro atoms. The first kappa shape index (κ1) is 17.8. The second-order valence-corrected chi connectivity index (χ2v) is 7.63. The molecule has 0 aliphatic rings. The Kier molecular flexibility index (Phi) is 4.96. The molecule has 0 radical (unpaired) electrons. The van der Waals surface area contributed by atoms with Gasteiger partial charge in [-0.05, 0) is 37.1 Å². The quantitative estimate of drug-likeness (QED) is 0.467. The minimum atomic E-state index is -0.128. The van der Waals surface area contributed by atoms with Crippen LogP contribution in [-0.2, 0) is 6.54 Å². The number of halogens is 1. The minimum Gasteiger partial charge on any atom is -0.472 e. The zero-order valence-corrected chi connectivity index (χ0v) is 16.2. The number of carbonyl (C=O) groups is 1. The predicted molar refractivity (Wildman–Crippen MR) is 107 cm³/mol. The molecular weight excluding hydrogens is 384 g/mol. The molecule has 6 nitrogen and oxygen atoms in total. The number of thiazole rings is 1. The number of hydrogen-bond acceptors (Lipinski definition) is 5. The molecule has 4 aromatic rings. The molecule has 0 N–H and O–H groups in total. The summed E-state index contributed by atoms with van der Waals surface area (Å²) in [6, 6.07) is 5.44. The predicted octanol–water partition coefficient (Wildman–Crippen LogP) is 4.78. The van der Waals surface area contributed by atoms with E-state index in [2.05, 4.69) is 4.98 Å². The lowest BCUT2D eigenvalue weighted by Gasteiger charge is -2.19. The molecule has 8 heteroatoms. The lowest BCUT2D eigenvalue weighted by atomic mass is 10.2.